The maximum absolute atomic E-state index is 4.98. The molecule has 4 N–H and O–H groups in total. The molecule has 0 bridgehead atoms. The van der Waals surface area contributed by atoms with Crippen LogP contribution in [0.25, 0.3) is 32.8 Å². The van der Waals surface area contributed by atoms with Gasteiger partial charge in [-0.3, -0.25) is 0 Å². The fourth-order valence-electron chi connectivity index (χ4n) is 5.83. The Kier molecular flexibility index (Phi) is 5.49. The molecule has 6 nitrogen and oxygen atoms in total. The first-order valence-corrected chi connectivity index (χ1v) is 13.5. The number of nitrogens with zero attached hydrogens (tertiary/aromatic N) is 2. The summed E-state index contributed by atoms with van der Waals surface area (Å²) in [5, 5.41) is 9.52. The van der Waals surface area contributed by atoms with E-state index < -0.39 is 0 Å². The van der Waals surface area contributed by atoms with Crippen LogP contribution in [0.3, 0.4) is 0 Å². The highest BCUT2D eigenvalue weighted by molar-refractivity contribution is 6.04. The molecular weight excluding hydrogens is 456 g/mol. The zero-order chi connectivity index (χ0) is 24.9. The van der Waals surface area contributed by atoms with Gasteiger partial charge in [0.15, 0.2) is 0 Å². The molecule has 2 aliphatic heterocycles. The van der Waals surface area contributed by atoms with Gasteiger partial charge >= 0.3 is 0 Å². The summed E-state index contributed by atoms with van der Waals surface area (Å²) in [6.07, 6.45) is 3.49. The van der Waals surface area contributed by atoms with Crippen molar-refractivity contribution in [3.8, 4) is 11.8 Å². The highest BCUT2D eigenvalue weighted by atomic mass is 15.0. The summed E-state index contributed by atoms with van der Waals surface area (Å²) in [6.45, 7) is 6.68. The molecule has 0 spiro atoms. The fraction of sp³-hybridized carbons (Fsp3) is 0.355. The number of hydrogen-bond acceptors (Lipinski definition) is 4. The maximum Gasteiger partial charge on any atom is 0.124 e. The summed E-state index contributed by atoms with van der Waals surface area (Å²) < 4.78 is 0. The molecule has 7 rings (SSSR count). The predicted molar refractivity (Wildman–Crippen MR) is 149 cm³/mol. The van der Waals surface area contributed by atoms with Crippen molar-refractivity contribution in [3.05, 3.63) is 71.3 Å². The standard InChI is InChI=1S/C31H32N6/c1-18-3-10-26(32-16-18)30-34-24-11-7-21(15-27(24)36-30)5-4-20-6-9-23-22(14-20)8-12-25-29(23)37-31(35-25)28-13-19(2)17-33-28/h6-9,11-12,14-15,18-19,26,28,32-33H,3,10,13,16-17H2,1-2H3,(H,34,36)(H,35,37)/t18-,19-,26-,28-/m0/s1. The quantitative estimate of drug-likeness (QED) is 0.240. The Bertz CT molecular complexity index is 1670. The molecule has 5 aromatic rings. The Morgan fingerprint density at radius 2 is 1.49 bits per heavy atom. The van der Waals surface area contributed by atoms with Gasteiger partial charge in [0.1, 0.15) is 11.6 Å². The van der Waals surface area contributed by atoms with Crippen molar-refractivity contribution in [1.82, 2.24) is 30.6 Å². The van der Waals surface area contributed by atoms with E-state index in [2.05, 4.69) is 94.8 Å². The van der Waals surface area contributed by atoms with E-state index in [4.69, 9.17) is 9.97 Å². The summed E-state index contributed by atoms with van der Waals surface area (Å²) in [5.41, 5.74) is 6.15. The first-order chi connectivity index (χ1) is 18.1. The molecular formula is C31H32N6. The Balaban J connectivity index is 1.15. The average molecular weight is 489 g/mol. The van der Waals surface area contributed by atoms with Crippen molar-refractivity contribution in [2.75, 3.05) is 13.1 Å². The van der Waals surface area contributed by atoms with E-state index in [1.165, 1.54) is 6.42 Å². The minimum absolute atomic E-state index is 0.311. The number of aromatic amines is 2. The van der Waals surface area contributed by atoms with E-state index in [0.29, 0.717) is 18.0 Å². The fourth-order valence-corrected chi connectivity index (χ4v) is 5.83. The number of imidazole rings is 2. The Hall–Kier alpha value is -3.66. The highest BCUT2D eigenvalue weighted by Gasteiger charge is 2.25. The van der Waals surface area contributed by atoms with Gasteiger partial charge in [-0.2, -0.15) is 0 Å². The number of H-pyrrole nitrogens is 2. The molecule has 0 amide bonds. The van der Waals surface area contributed by atoms with E-state index in [9.17, 15) is 0 Å². The Morgan fingerprint density at radius 3 is 2.30 bits per heavy atom. The lowest BCUT2D eigenvalue weighted by molar-refractivity contribution is 0.325. The van der Waals surface area contributed by atoms with Crippen LogP contribution in [0.1, 0.15) is 68.0 Å². The third-order valence-electron chi connectivity index (χ3n) is 8.01. The van der Waals surface area contributed by atoms with Crippen LogP contribution >= 0.6 is 0 Å². The molecule has 2 saturated heterocycles. The van der Waals surface area contributed by atoms with E-state index >= 15 is 0 Å². The van der Waals surface area contributed by atoms with Crippen molar-refractivity contribution >= 4 is 32.8 Å². The van der Waals surface area contributed by atoms with Crippen LogP contribution < -0.4 is 10.6 Å². The van der Waals surface area contributed by atoms with Crippen molar-refractivity contribution in [2.24, 2.45) is 11.8 Å². The van der Waals surface area contributed by atoms with Crippen LogP contribution in [0.2, 0.25) is 0 Å². The average Bonchev–Trinajstić information content (AvgIpc) is 3.65. The molecule has 0 aliphatic carbocycles. The zero-order valence-corrected chi connectivity index (χ0v) is 21.4. The lowest BCUT2D eigenvalue weighted by Gasteiger charge is -2.26. The number of piperidine rings is 1. The van der Waals surface area contributed by atoms with Crippen molar-refractivity contribution in [1.29, 1.82) is 0 Å². The molecule has 37 heavy (non-hydrogen) atoms. The van der Waals surface area contributed by atoms with Crippen LogP contribution in [0.15, 0.2) is 48.5 Å². The van der Waals surface area contributed by atoms with Crippen molar-refractivity contribution in [2.45, 2.75) is 45.2 Å². The van der Waals surface area contributed by atoms with E-state index in [0.717, 1.165) is 87.5 Å². The van der Waals surface area contributed by atoms with Gasteiger partial charge in [-0.05, 0) is 86.0 Å². The monoisotopic (exact) mass is 488 g/mol. The smallest absolute Gasteiger partial charge is 0.124 e. The van der Waals surface area contributed by atoms with Crippen molar-refractivity contribution < 1.29 is 0 Å². The van der Waals surface area contributed by atoms with Crippen LogP contribution in [-0.2, 0) is 0 Å². The summed E-state index contributed by atoms with van der Waals surface area (Å²) in [5.74, 6) is 10.2. The third-order valence-corrected chi connectivity index (χ3v) is 8.01. The van der Waals surface area contributed by atoms with Gasteiger partial charge in [0.2, 0.25) is 0 Å². The largest absolute Gasteiger partial charge is 0.341 e. The molecule has 4 atom stereocenters. The summed E-state index contributed by atoms with van der Waals surface area (Å²) in [4.78, 5) is 16.9. The lowest BCUT2D eigenvalue weighted by atomic mass is 9.96. The van der Waals surface area contributed by atoms with E-state index in [1.54, 1.807) is 0 Å². The second-order valence-corrected chi connectivity index (χ2v) is 11.1. The van der Waals surface area contributed by atoms with Gasteiger partial charge in [0.25, 0.3) is 0 Å². The molecule has 6 heteroatoms. The van der Waals surface area contributed by atoms with Gasteiger partial charge in [-0.25, -0.2) is 9.97 Å². The molecule has 0 unspecified atom stereocenters. The van der Waals surface area contributed by atoms with Gasteiger partial charge in [0.05, 0.1) is 34.2 Å². The number of fused-ring (bicyclic) bond motifs is 4. The van der Waals surface area contributed by atoms with E-state index in [-0.39, 0.29) is 0 Å². The predicted octanol–water partition coefficient (Wildman–Crippen LogP) is 5.72. The zero-order valence-electron chi connectivity index (χ0n) is 21.4. The highest BCUT2D eigenvalue weighted by Crippen LogP contribution is 2.30. The number of nitrogens with one attached hydrogen (secondary N) is 4. The SMILES string of the molecule is C[C@@H]1CN[C@H](c2nc3c(ccc4cc(C#Cc5ccc6nc([C@@H]7CC[C@H](C)CN7)[nH]c6c5)ccc43)[nH]2)C1. The molecule has 2 fully saturated rings. The maximum atomic E-state index is 4.98. The normalized spacial score (nSPS) is 24.1. The van der Waals surface area contributed by atoms with Gasteiger partial charge in [-0.15, -0.1) is 0 Å². The second-order valence-electron chi connectivity index (χ2n) is 11.1. The molecule has 2 aromatic heterocycles. The Labute approximate surface area is 216 Å². The van der Waals surface area contributed by atoms with Gasteiger partial charge in [0, 0.05) is 16.5 Å². The summed E-state index contributed by atoms with van der Waals surface area (Å²) in [6, 6.07) is 17.6. The lowest BCUT2D eigenvalue weighted by Crippen LogP contribution is -2.32. The summed E-state index contributed by atoms with van der Waals surface area (Å²) >= 11 is 0. The third kappa shape index (κ3) is 4.29. The van der Waals surface area contributed by atoms with Crippen molar-refractivity contribution in [3.63, 3.8) is 0 Å². The Morgan fingerprint density at radius 1 is 0.730 bits per heavy atom. The minimum atomic E-state index is 0.311. The molecule has 0 radical (unpaired) electrons. The molecule has 4 heterocycles. The van der Waals surface area contributed by atoms with Crippen LogP contribution in [0.5, 0.6) is 0 Å². The van der Waals surface area contributed by atoms with Crippen LogP contribution in [0.4, 0.5) is 0 Å². The first kappa shape index (κ1) is 22.5. The van der Waals surface area contributed by atoms with E-state index in [1.807, 2.05) is 0 Å². The second kappa shape index (κ2) is 9.02. The van der Waals surface area contributed by atoms with Crippen LogP contribution in [-0.4, -0.2) is 33.0 Å². The topological polar surface area (TPSA) is 81.4 Å². The molecule has 3 aromatic carbocycles. The molecule has 186 valence electrons. The number of benzene rings is 3. The number of rotatable bonds is 2. The van der Waals surface area contributed by atoms with Gasteiger partial charge in [-0.1, -0.05) is 37.8 Å². The van der Waals surface area contributed by atoms with Crippen LogP contribution in [0, 0.1) is 23.7 Å². The summed E-state index contributed by atoms with van der Waals surface area (Å²) in [7, 11) is 0. The number of aromatic nitrogens is 4. The molecule has 2 aliphatic rings. The van der Waals surface area contributed by atoms with Gasteiger partial charge < -0.3 is 20.6 Å². The molecule has 0 saturated carbocycles. The minimum Gasteiger partial charge on any atom is -0.341 e. The number of hydrogen-bond donors (Lipinski definition) is 4. The first-order valence-electron chi connectivity index (χ1n) is 13.5.